The van der Waals surface area contributed by atoms with Crippen LogP contribution in [-0.2, 0) is 0 Å². The minimum Gasteiger partial charge on any atom is -0.444 e. The van der Waals surface area contributed by atoms with Gasteiger partial charge < -0.3 is 19.4 Å². The van der Waals surface area contributed by atoms with E-state index in [-0.39, 0.29) is 17.8 Å². The van der Waals surface area contributed by atoms with E-state index >= 15 is 0 Å². The third-order valence-electron chi connectivity index (χ3n) is 6.36. The van der Waals surface area contributed by atoms with E-state index < -0.39 is 6.36 Å². The van der Waals surface area contributed by atoms with Crippen molar-refractivity contribution >= 4 is 23.2 Å². The summed E-state index contributed by atoms with van der Waals surface area (Å²) in [7, 11) is 0. The van der Waals surface area contributed by atoms with Crippen LogP contribution in [0.5, 0.6) is 5.75 Å². The second-order valence-electron chi connectivity index (χ2n) is 8.75. The fraction of sp³-hybridized carbons (Fsp3) is 0.192. The summed E-state index contributed by atoms with van der Waals surface area (Å²) in [5.41, 5.74) is 3.01. The molecular formula is C26H20F3N5O3. The topological polar surface area (TPSA) is 83.7 Å². The minimum absolute atomic E-state index is 0.0902. The van der Waals surface area contributed by atoms with Crippen molar-refractivity contribution in [2.75, 3.05) is 28.2 Å². The van der Waals surface area contributed by atoms with E-state index in [4.69, 9.17) is 9.40 Å². The summed E-state index contributed by atoms with van der Waals surface area (Å²) >= 11 is 0. The van der Waals surface area contributed by atoms with Crippen LogP contribution >= 0.6 is 0 Å². The summed E-state index contributed by atoms with van der Waals surface area (Å²) in [6.45, 7) is 1.45. The summed E-state index contributed by atoms with van der Waals surface area (Å²) in [5, 5.41) is 2.95. The average Bonchev–Trinajstić information content (AvgIpc) is 3.55. The fourth-order valence-electron chi connectivity index (χ4n) is 4.78. The van der Waals surface area contributed by atoms with Gasteiger partial charge in [0, 0.05) is 29.9 Å². The van der Waals surface area contributed by atoms with Crippen molar-refractivity contribution in [3.05, 3.63) is 73.3 Å². The Hall–Kier alpha value is -4.54. The smallest absolute Gasteiger partial charge is 0.444 e. The van der Waals surface area contributed by atoms with Crippen LogP contribution in [0.25, 0.3) is 22.6 Å². The monoisotopic (exact) mass is 507 g/mol. The number of urea groups is 1. The van der Waals surface area contributed by atoms with Crippen molar-refractivity contribution in [2.45, 2.75) is 18.8 Å². The Balaban J connectivity index is 1.32. The molecule has 0 saturated carbocycles. The van der Waals surface area contributed by atoms with Gasteiger partial charge in [0.1, 0.15) is 5.75 Å². The molecule has 37 heavy (non-hydrogen) atoms. The van der Waals surface area contributed by atoms with Crippen molar-refractivity contribution in [1.29, 1.82) is 0 Å². The molecule has 1 fully saturated rings. The van der Waals surface area contributed by atoms with Crippen LogP contribution in [0, 0.1) is 0 Å². The van der Waals surface area contributed by atoms with Gasteiger partial charge in [0.05, 0.1) is 23.6 Å². The molecule has 8 nitrogen and oxygen atoms in total. The number of anilines is 3. The summed E-state index contributed by atoms with van der Waals surface area (Å²) in [6.07, 6.45) is -1.10. The Labute approximate surface area is 209 Å². The number of hydrogen-bond donors (Lipinski definition) is 1. The zero-order valence-electron chi connectivity index (χ0n) is 19.3. The van der Waals surface area contributed by atoms with E-state index in [9.17, 15) is 18.0 Å². The molecule has 2 aliphatic heterocycles. The normalized spacial score (nSPS) is 16.5. The molecule has 0 unspecified atom stereocenters. The number of ether oxygens (including phenoxy) is 1. The van der Waals surface area contributed by atoms with Crippen LogP contribution in [0.1, 0.15) is 6.42 Å². The van der Waals surface area contributed by atoms with Gasteiger partial charge in [-0.1, -0.05) is 24.3 Å². The molecule has 6 rings (SSSR count). The van der Waals surface area contributed by atoms with Gasteiger partial charge in [0.25, 0.3) is 0 Å². The molecular weight excluding hydrogens is 487 g/mol. The molecule has 4 aromatic rings. The van der Waals surface area contributed by atoms with E-state index in [0.29, 0.717) is 35.1 Å². The maximum Gasteiger partial charge on any atom is 0.573 e. The highest BCUT2D eigenvalue weighted by Gasteiger charge is 2.40. The van der Waals surface area contributed by atoms with E-state index in [1.807, 2.05) is 12.1 Å². The minimum atomic E-state index is -4.80. The van der Waals surface area contributed by atoms with Crippen LogP contribution in [-0.4, -0.2) is 41.5 Å². The molecule has 2 bridgehead atoms. The maximum atomic E-state index is 13.5. The van der Waals surface area contributed by atoms with Gasteiger partial charge in [0.15, 0.2) is 18.0 Å². The molecule has 11 heteroatoms. The molecule has 2 amide bonds. The number of nitrogens with one attached hydrogen (secondary N) is 1. The number of halogens is 3. The highest BCUT2D eigenvalue weighted by molar-refractivity contribution is 6.05. The number of pyridine rings is 1. The van der Waals surface area contributed by atoms with Gasteiger partial charge in [-0.15, -0.1) is 13.2 Å². The van der Waals surface area contributed by atoms with E-state index in [0.717, 1.165) is 24.2 Å². The summed E-state index contributed by atoms with van der Waals surface area (Å²) in [4.78, 5) is 26.0. The third-order valence-corrected chi connectivity index (χ3v) is 6.36. The molecule has 0 radical (unpaired) electrons. The Morgan fingerprint density at radius 3 is 2.73 bits per heavy atom. The third kappa shape index (κ3) is 4.55. The van der Waals surface area contributed by atoms with Crippen LogP contribution in [0.4, 0.5) is 35.2 Å². The van der Waals surface area contributed by atoms with Gasteiger partial charge in [-0.2, -0.15) is 0 Å². The van der Waals surface area contributed by atoms with Crippen LogP contribution in [0.3, 0.4) is 0 Å². The highest BCUT2D eigenvalue weighted by Crippen LogP contribution is 2.41. The standard InChI is InChI=1S/C26H20F3N5O3/c27-26(28,29)37-20-6-2-3-16(12-20)21-7-8-22-24(32-21)34(19-9-10-33(22)14-19)25(35)31-18-5-1-4-17(11-18)23-13-30-15-36-23/h1-8,11-13,15,19H,9-10,14H2,(H,31,35)/t19-/m0/s1. The lowest BCUT2D eigenvalue weighted by atomic mass is 10.1. The number of carbonyl (C=O) groups is 1. The first-order valence-electron chi connectivity index (χ1n) is 11.6. The molecule has 2 aromatic carbocycles. The predicted octanol–water partition coefficient (Wildman–Crippen LogP) is 5.93. The second-order valence-corrected chi connectivity index (χ2v) is 8.75. The number of nitrogens with zero attached hydrogens (tertiary/aromatic N) is 4. The van der Waals surface area contributed by atoms with Gasteiger partial charge >= 0.3 is 12.4 Å². The first kappa shape index (κ1) is 22.9. The Morgan fingerprint density at radius 2 is 1.92 bits per heavy atom. The van der Waals surface area contributed by atoms with Crippen molar-refractivity contribution in [1.82, 2.24) is 9.97 Å². The van der Waals surface area contributed by atoms with Crippen molar-refractivity contribution in [2.24, 2.45) is 0 Å². The highest BCUT2D eigenvalue weighted by atomic mass is 19.4. The Bertz CT molecular complexity index is 1460. The van der Waals surface area contributed by atoms with Gasteiger partial charge in [-0.3, -0.25) is 4.90 Å². The summed E-state index contributed by atoms with van der Waals surface area (Å²) in [6, 6.07) is 16.0. The zero-order chi connectivity index (χ0) is 25.6. The lowest BCUT2D eigenvalue weighted by Gasteiger charge is -2.36. The maximum absolute atomic E-state index is 13.5. The number of alkyl halides is 3. The fourth-order valence-corrected chi connectivity index (χ4v) is 4.78. The van der Waals surface area contributed by atoms with Crippen molar-refractivity contribution in [3.63, 3.8) is 0 Å². The average molecular weight is 507 g/mol. The molecule has 2 aliphatic rings. The Kier molecular flexibility index (Phi) is 5.47. The quantitative estimate of drug-likeness (QED) is 0.369. The molecule has 188 valence electrons. The first-order chi connectivity index (χ1) is 17.8. The molecule has 1 N–H and O–H groups in total. The number of oxazole rings is 1. The molecule has 0 aliphatic carbocycles. The molecule has 4 heterocycles. The zero-order valence-corrected chi connectivity index (χ0v) is 19.3. The van der Waals surface area contributed by atoms with Crippen molar-refractivity contribution < 1.29 is 27.1 Å². The SMILES string of the molecule is O=C(Nc1cccc(-c2cnco2)c1)N1c2nc(-c3cccc(OC(F)(F)F)c3)ccc2N2CC[C@H]1C2. The number of carbonyl (C=O) groups excluding carboxylic acids is 1. The van der Waals surface area contributed by atoms with Gasteiger partial charge in [-0.05, 0) is 42.8 Å². The Morgan fingerprint density at radius 1 is 1.08 bits per heavy atom. The largest absolute Gasteiger partial charge is 0.573 e. The van der Waals surface area contributed by atoms with E-state index in [1.54, 1.807) is 41.4 Å². The van der Waals surface area contributed by atoms with Crippen LogP contribution in [0.2, 0.25) is 0 Å². The van der Waals surface area contributed by atoms with Crippen molar-refractivity contribution in [3.8, 4) is 28.3 Å². The number of hydrogen-bond acceptors (Lipinski definition) is 6. The first-order valence-corrected chi connectivity index (χ1v) is 11.6. The number of aromatic nitrogens is 2. The molecule has 0 spiro atoms. The van der Waals surface area contributed by atoms with E-state index in [1.165, 1.54) is 24.6 Å². The number of rotatable bonds is 4. The predicted molar refractivity (Wildman–Crippen MR) is 130 cm³/mol. The number of fused-ring (bicyclic) bond motifs is 4. The van der Waals surface area contributed by atoms with E-state index in [2.05, 4.69) is 19.9 Å². The molecule has 1 saturated heterocycles. The van der Waals surface area contributed by atoms with Crippen LogP contribution < -0.4 is 19.9 Å². The summed E-state index contributed by atoms with van der Waals surface area (Å²) in [5.74, 6) is 0.695. The van der Waals surface area contributed by atoms with Gasteiger partial charge in [-0.25, -0.2) is 14.8 Å². The number of benzene rings is 2. The lowest BCUT2D eigenvalue weighted by molar-refractivity contribution is -0.274. The van der Waals surface area contributed by atoms with Gasteiger partial charge in [0.2, 0.25) is 0 Å². The number of amides is 2. The summed E-state index contributed by atoms with van der Waals surface area (Å²) < 4.78 is 47.6. The molecule has 2 aromatic heterocycles. The second kappa shape index (κ2) is 8.84. The molecule has 1 atom stereocenters. The lowest BCUT2D eigenvalue weighted by Crippen LogP contribution is -2.48. The van der Waals surface area contributed by atoms with Crippen LogP contribution in [0.15, 0.2) is 77.7 Å².